The molecule has 2 aromatic carbocycles. The largest absolute Gasteiger partial charge is 0.497 e. The third-order valence-corrected chi connectivity index (χ3v) is 5.27. The maximum atomic E-state index is 12.6. The fraction of sp³-hybridized carbons (Fsp3) is 0.458. The number of hydrogen-bond acceptors (Lipinski definition) is 3. The van der Waals surface area contributed by atoms with Crippen molar-refractivity contribution in [3.63, 3.8) is 0 Å². The first-order valence-corrected chi connectivity index (χ1v) is 10.2. The Morgan fingerprint density at radius 3 is 2.54 bits per heavy atom. The Labute approximate surface area is 168 Å². The summed E-state index contributed by atoms with van der Waals surface area (Å²) in [5, 5.41) is 3.15. The molecule has 28 heavy (non-hydrogen) atoms. The number of methoxy groups -OCH3 is 1. The van der Waals surface area contributed by atoms with Gasteiger partial charge in [0.15, 0.2) is 6.61 Å². The van der Waals surface area contributed by atoms with Crippen LogP contribution in [0.4, 0.5) is 0 Å². The molecule has 1 aliphatic carbocycles. The van der Waals surface area contributed by atoms with Gasteiger partial charge in [-0.1, -0.05) is 38.1 Å². The second kappa shape index (κ2) is 9.63. The van der Waals surface area contributed by atoms with Gasteiger partial charge in [-0.15, -0.1) is 0 Å². The second-order valence-electron chi connectivity index (χ2n) is 7.91. The predicted molar refractivity (Wildman–Crippen MR) is 112 cm³/mol. The van der Waals surface area contributed by atoms with Crippen LogP contribution >= 0.6 is 0 Å². The van der Waals surface area contributed by atoms with Crippen LogP contribution in [0.5, 0.6) is 11.5 Å². The van der Waals surface area contributed by atoms with Crippen molar-refractivity contribution in [2.75, 3.05) is 13.7 Å². The van der Waals surface area contributed by atoms with Gasteiger partial charge in [-0.3, -0.25) is 4.79 Å². The van der Waals surface area contributed by atoms with Crippen LogP contribution < -0.4 is 14.8 Å². The SMILES string of the molecule is COc1ccc([C@H](CC(C)C)NC(=O)COc2cccc3c2CCCC3)cc1. The van der Waals surface area contributed by atoms with E-state index in [1.54, 1.807) is 7.11 Å². The molecule has 1 N–H and O–H groups in total. The summed E-state index contributed by atoms with van der Waals surface area (Å²) in [5.41, 5.74) is 3.72. The first-order chi connectivity index (χ1) is 13.6. The third-order valence-electron chi connectivity index (χ3n) is 5.27. The van der Waals surface area contributed by atoms with Gasteiger partial charge in [0.25, 0.3) is 5.91 Å². The van der Waals surface area contributed by atoms with Gasteiger partial charge in [0.1, 0.15) is 11.5 Å². The number of rotatable bonds is 8. The molecular formula is C24H31NO3. The highest BCUT2D eigenvalue weighted by molar-refractivity contribution is 5.78. The molecule has 0 radical (unpaired) electrons. The summed E-state index contributed by atoms with van der Waals surface area (Å²) in [6, 6.07) is 14.0. The Bertz CT molecular complexity index is 783. The molecule has 0 aliphatic heterocycles. The lowest BCUT2D eigenvalue weighted by atomic mass is 9.91. The average Bonchev–Trinajstić information content (AvgIpc) is 2.71. The van der Waals surface area contributed by atoms with Crippen molar-refractivity contribution in [1.29, 1.82) is 0 Å². The summed E-state index contributed by atoms with van der Waals surface area (Å²) < 4.78 is 11.1. The van der Waals surface area contributed by atoms with Crippen LogP contribution in [0.3, 0.4) is 0 Å². The number of carbonyl (C=O) groups excluding carboxylic acids is 1. The van der Waals surface area contributed by atoms with E-state index in [9.17, 15) is 4.79 Å². The summed E-state index contributed by atoms with van der Waals surface area (Å²) in [6.07, 6.45) is 5.43. The zero-order valence-corrected chi connectivity index (χ0v) is 17.2. The molecule has 4 heteroatoms. The van der Waals surface area contributed by atoms with Gasteiger partial charge in [-0.25, -0.2) is 0 Å². The van der Waals surface area contributed by atoms with E-state index in [0.717, 1.165) is 36.3 Å². The molecule has 0 saturated carbocycles. The zero-order chi connectivity index (χ0) is 19.9. The van der Waals surface area contributed by atoms with Crippen LogP contribution in [-0.2, 0) is 17.6 Å². The predicted octanol–water partition coefficient (Wildman–Crippen LogP) is 4.86. The molecule has 0 heterocycles. The Morgan fingerprint density at radius 1 is 1.07 bits per heavy atom. The van der Waals surface area contributed by atoms with Gasteiger partial charge in [0.05, 0.1) is 13.2 Å². The van der Waals surface area contributed by atoms with Crippen molar-refractivity contribution < 1.29 is 14.3 Å². The van der Waals surface area contributed by atoms with Crippen LogP contribution in [0.25, 0.3) is 0 Å². The van der Waals surface area contributed by atoms with Gasteiger partial charge >= 0.3 is 0 Å². The molecule has 2 aromatic rings. The third kappa shape index (κ3) is 5.28. The first kappa shape index (κ1) is 20.2. The maximum absolute atomic E-state index is 12.6. The lowest BCUT2D eigenvalue weighted by Gasteiger charge is -2.22. The Balaban J connectivity index is 1.63. The van der Waals surface area contributed by atoms with Crippen molar-refractivity contribution in [3.05, 3.63) is 59.2 Å². The van der Waals surface area contributed by atoms with Crippen molar-refractivity contribution in [2.24, 2.45) is 5.92 Å². The van der Waals surface area contributed by atoms with E-state index < -0.39 is 0 Å². The summed E-state index contributed by atoms with van der Waals surface area (Å²) in [7, 11) is 1.65. The van der Waals surface area contributed by atoms with Gasteiger partial charge in [-0.05, 0) is 72.9 Å². The van der Waals surface area contributed by atoms with E-state index in [2.05, 4.69) is 25.2 Å². The van der Waals surface area contributed by atoms with Crippen molar-refractivity contribution in [1.82, 2.24) is 5.32 Å². The Kier molecular flexibility index (Phi) is 6.96. The molecule has 0 aromatic heterocycles. The maximum Gasteiger partial charge on any atom is 0.258 e. The minimum atomic E-state index is -0.0881. The summed E-state index contributed by atoms with van der Waals surface area (Å²) in [5.74, 6) is 2.05. The summed E-state index contributed by atoms with van der Waals surface area (Å²) in [6.45, 7) is 4.37. The molecule has 1 amide bonds. The van der Waals surface area contributed by atoms with Crippen molar-refractivity contribution in [3.8, 4) is 11.5 Å². The normalized spacial score (nSPS) is 14.3. The molecule has 1 aliphatic rings. The summed E-state index contributed by atoms with van der Waals surface area (Å²) >= 11 is 0. The molecule has 0 bridgehead atoms. The van der Waals surface area contributed by atoms with Gasteiger partial charge < -0.3 is 14.8 Å². The average molecular weight is 382 g/mol. The van der Waals surface area contributed by atoms with Crippen LogP contribution in [0, 0.1) is 5.92 Å². The molecular weight excluding hydrogens is 350 g/mol. The van der Waals surface area contributed by atoms with Gasteiger partial charge in [-0.2, -0.15) is 0 Å². The molecule has 150 valence electrons. The number of carbonyl (C=O) groups is 1. The fourth-order valence-corrected chi connectivity index (χ4v) is 3.85. The summed E-state index contributed by atoms with van der Waals surface area (Å²) in [4.78, 5) is 12.6. The minimum Gasteiger partial charge on any atom is -0.497 e. The second-order valence-corrected chi connectivity index (χ2v) is 7.91. The van der Waals surface area contributed by atoms with E-state index in [1.165, 1.54) is 24.0 Å². The molecule has 0 spiro atoms. The van der Waals surface area contributed by atoms with Gasteiger partial charge in [0.2, 0.25) is 0 Å². The molecule has 4 nitrogen and oxygen atoms in total. The lowest BCUT2D eigenvalue weighted by Crippen LogP contribution is -2.33. The molecule has 3 rings (SSSR count). The van der Waals surface area contributed by atoms with Gasteiger partial charge in [0, 0.05) is 0 Å². The number of amides is 1. The van der Waals surface area contributed by atoms with Crippen LogP contribution in [-0.4, -0.2) is 19.6 Å². The molecule has 1 atom stereocenters. The van der Waals surface area contributed by atoms with E-state index in [4.69, 9.17) is 9.47 Å². The first-order valence-electron chi connectivity index (χ1n) is 10.2. The van der Waals surface area contributed by atoms with E-state index in [1.807, 2.05) is 36.4 Å². The fourth-order valence-electron chi connectivity index (χ4n) is 3.85. The topological polar surface area (TPSA) is 47.6 Å². The van der Waals surface area contributed by atoms with Crippen LogP contribution in [0.2, 0.25) is 0 Å². The highest BCUT2D eigenvalue weighted by Crippen LogP contribution is 2.29. The smallest absolute Gasteiger partial charge is 0.258 e. The van der Waals surface area contributed by atoms with E-state index in [-0.39, 0.29) is 18.6 Å². The lowest BCUT2D eigenvalue weighted by molar-refractivity contribution is -0.124. The monoisotopic (exact) mass is 381 g/mol. The van der Waals surface area contributed by atoms with Crippen LogP contribution in [0.1, 0.15) is 55.8 Å². The number of benzene rings is 2. The Morgan fingerprint density at radius 2 is 1.82 bits per heavy atom. The number of aryl methyl sites for hydroxylation is 1. The number of hydrogen-bond donors (Lipinski definition) is 1. The van der Waals surface area contributed by atoms with Crippen molar-refractivity contribution in [2.45, 2.75) is 52.0 Å². The quantitative estimate of drug-likeness (QED) is 0.711. The zero-order valence-electron chi connectivity index (χ0n) is 17.2. The standard InChI is InChI=1S/C24H31NO3/c1-17(2)15-22(19-11-13-20(27-3)14-12-19)25-24(26)16-28-23-10-6-8-18-7-4-5-9-21(18)23/h6,8,10-14,17,22H,4-5,7,9,15-16H2,1-3H3,(H,25,26)/t22-/m0/s1. The molecule has 0 saturated heterocycles. The Hall–Kier alpha value is -2.49. The highest BCUT2D eigenvalue weighted by atomic mass is 16.5. The molecule has 0 unspecified atom stereocenters. The number of ether oxygens (including phenoxy) is 2. The van der Waals surface area contributed by atoms with Crippen LogP contribution in [0.15, 0.2) is 42.5 Å². The van der Waals surface area contributed by atoms with Crippen molar-refractivity contribution >= 4 is 5.91 Å². The molecule has 0 fully saturated rings. The number of nitrogens with one attached hydrogen (secondary N) is 1. The number of fused-ring (bicyclic) bond motifs is 1. The van der Waals surface area contributed by atoms with E-state index >= 15 is 0 Å². The minimum absolute atomic E-state index is 0.0355. The van der Waals surface area contributed by atoms with E-state index in [0.29, 0.717) is 5.92 Å². The highest BCUT2D eigenvalue weighted by Gasteiger charge is 2.18.